The lowest BCUT2D eigenvalue weighted by Gasteiger charge is -2.17. The van der Waals surface area contributed by atoms with Crippen LogP contribution in [0.15, 0.2) is 48.5 Å². The number of hydrogen-bond acceptors (Lipinski definition) is 2. The van der Waals surface area contributed by atoms with Crippen molar-refractivity contribution in [2.75, 3.05) is 6.61 Å². The Kier molecular flexibility index (Phi) is 7.05. The third-order valence-electron chi connectivity index (χ3n) is 4.27. The molecule has 2 aromatic carbocycles. The number of carbonyl (C=O) groups is 1. The molecule has 0 aromatic heterocycles. The molecule has 2 aromatic rings. The molecular formula is C22H29NO2. The second kappa shape index (κ2) is 9.26. The minimum absolute atomic E-state index is 0.0544. The van der Waals surface area contributed by atoms with Crippen LogP contribution in [0.5, 0.6) is 5.75 Å². The molecule has 25 heavy (non-hydrogen) atoms. The summed E-state index contributed by atoms with van der Waals surface area (Å²) in [5.41, 5.74) is 3.56. The number of amides is 1. The zero-order chi connectivity index (χ0) is 18.2. The maximum atomic E-state index is 12.2. The second-order valence-electron chi connectivity index (χ2n) is 6.98. The van der Waals surface area contributed by atoms with E-state index in [9.17, 15) is 4.79 Å². The van der Waals surface area contributed by atoms with Crippen LogP contribution in [0.3, 0.4) is 0 Å². The summed E-state index contributed by atoms with van der Waals surface area (Å²) < 4.78 is 5.79. The molecule has 1 N–H and O–H groups in total. The third-order valence-corrected chi connectivity index (χ3v) is 4.27. The van der Waals surface area contributed by atoms with Gasteiger partial charge in [0.05, 0.1) is 0 Å². The van der Waals surface area contributed by atoms with Crippen LogP contribution in [-0.4, -0.2) is 18.6 Å². The van der Waals surface area contributed by atoms with Crippen molar-refractivity contribution in [3.63, 3.8) is 0 Å². The highest BCUT2D eigenvalue weighted by molar-refractivity contribution is 5.77. The molecule has 134 valence electrons. The minimum atomic E-state index is -0.0724. The number of ether oxygens (including phenoxy) is 1. The van der Waals surface area contributed by atoms with Gasteiger partial charge in [-0.2, -0.15) is 0 Å². The predicted molar refractivity (Wildman–Crippen MR) is 103 cm³/mol. The fraction of sp³-hybridized carbons (Fsp3) is 0.409. The van der Waals surface area contributed by atoms with Crippen LogP contribution in [0.2, 0.25) is 0 Å². The van der Waals surface area contributed by atoms with Gasteiger partial charge in [-0.1, -0.05) is 56.3 Å². The first-order valence-corrected chi connectivity index (χ1v) is 9.02. The molecule has 0 heterocycles. The Bertz CT molecular complexity index is 680. The number of carbonyl (C=O) groups excluding carboxylic acids is 1. The van der Waals surface area contributed by atoms with E-state index in [0.29, 0.717) is 5.92 Å². The van der Waals surface area contributed by atoms with Crippen LogP contribution in [0.4, 0.5) is 0 Å². The molecule has 2 rings (SSSR count). The first-order valence-electron chi connectivity index (χ1n) is 9.02. The van der Waals surface area contributed by atoms with Gasteiger partial charge in [-0.25, -0.2) is 0 Å². The average Bonchev–Trinajstić information content (AvgIpc) is 2.59. The monoisotopic (exact) mass is 339 g/mol. The van der Waals surface area contributed by atoms with Crippen LogP contribution in [-0.2, 0) is 11.2 Å². The van der Waals surface area contributed by atoms with Gasteiger partial charge in [0, 0.05) is 6.04 Å². The van der Waals surface area contributed by atoms with E-state index < -0.39 is 0 Å². The fourth-order valence-corrected chi connectivity index (χ4v) is 2.80. The number of benzene rings is 2. The van der Waals surface area contributed by atoms with Gasteiger partial charge in [0.2, 0.25) is 0 Å². The van der Waals surface area contributed by atoms with Crippen LogP contribution < -0.4 is 10.1 Å². The Morgan fingerprint density at radius 2 is 1.80 bits per heavy atom. The quantitative estimate of drug-likeness (QED) is 0.761. The Morgan fingerprint density at radius 1 is 1.08 bits per heavy atom. The lowest BCUT2D eigenvalue weighted by atomic mass is 10.0. The van der Waals surface area contributed by atoms with Crippen molar-refractivity contribution >= 4 is 5.91 Å². The third kappa shape index (κ3) is 6.26. The molecule has 0 fully saturated rings. The Labute approximate surface area is 151 Å². The van der Waals surface area contributed by atoms with Crippen molar-refractivity contribution in [3.05, 3.63) is 65.2 Å². The maximum Gasteiger partial charge on any atom is 0.258 e. The molecule has 1 atom stereocenters. The Hall–Kier alpha value is -2.29. The van der Waals surface area contributed by atoms with E-state index in [1.165, 1.54) is 5.56 Å². The molecule has 0 spiro atoms. The van der Waals surface area contributed by atoms with Crippen molar-refractivity contribution in [2.45, 2.75) is 52.5 Å². The van der Waals surface area contributed by atoms with Crippen molar-refractivity contribution in [3.8, 4) is 5.75 Å². The largest absolute Gasteiger partial charge is 0.483 e. The number of nitrogens with one attached hydrogen (secondary N) is 1. The zero-order valence-electron chi connectivity index (χ0n) is 15.7. The molecule has 0 aliphatic rings. The van der Waals surface area contributed by atoms with Crippen LogP contribution in [0.25, 0.3) is 0 Å². The fourth-order valence-electron chi connectivity index (χ4n) is 2.80. The van der Waals surface area contributed by atoms with Crippen LogP contribution in [0.1, 0.15) is 49.8 Å². The molecule has 0 aliphatic carbocycles. The van der Waals surface area contributed by atoms with Crippen molar-refractivity contribution in [1.29, 1.82) is 0 Å². The van der Waals surface area contributed by atoms with Gasteiger partial charge in [0.1, 0.15) is 5.75 Å². The summed E-state index contributed by atoms with van der Waals surface area (Å²) in [5.74, 6) is 1.10. The molecule has 0 radical (unpaired) electrons. The molecular weight excluding hydrogens is 310 g/mol. The molecule has 3 nitrogen and oxygen atoms in total. The van der Waals surface area contributed by atoms with E-state index in [1.807, 2.05) is 38.1 Å². The van der Waals surface area contributed by atoms with E-state index in [2.05, 4.69) is 43.4 Å². The normalized spacial score (nSPS) is 12.0. The number of aryl methyl sites for hydroxylation is 2. The smallest absolute Gasteiger partial charge is 0.258 e. The Morgan fingerprint density at radius 3 is 2.48 bits per heavy atom. The first kappa shape index (κ1) is 19.0. The summed E-state index contributed by atoms with van der Waals surface area (Å²) in [6.45, 7) is 8.38. The molecule has 1 amide bonds. The molecule has 0 aliphatic heterocycles. The van der Waals surface area contributed by atoms with Crippen LogP contribution in [0, 0.1) is 6.92 Å². The van der Waals surface area contributed by atoms with E-state index in [-0.39, 0.29) is 18.6 Å². The second-order valence-corrected chi connectivity index (χ2v) is 6.98. The van der Waals surface area contributed by atoms with Gasteiger partial charge in [-0.3, -0.25) is 4.79 Å². The molecule has 0 unspecified atom stereocenters. The SMILES string of the molecule is Cc1ccc(C(C)C)c(OCC(=O)N[C@H](C)CCc2ccccc2)c1. The van der Waals surface area contributed by atoms with Crippen molar-refractivity contribution in [2.24, 2.45) is 0 Å². The Balaban J connectivity index is 1.81. The van der Waals surface area contributed by atoms with E-state index in [1.54, 1.807) is 0 Å². The summed E-state index contributed by atoms with van der Waals surface area (Å²) in [7, 11) is 0. The minimum Gasteiger partial charge on any atom is -0.483 e. The molecule has 0 bridgehead atoms. The number of rotatable bonds is 8. The van der Waals surface area contributed by atoms with E-state index in [0.717, 1.165) is 29.7 Å². The van der Waals surface area contributed by atoms with Gasteiger partial charge in [-0.05, 0) is 55.4 Å². The summed E-state index contributed by atoms with van der Waals surface area (Å²) in [4.78, 5) is 12.2. The zero-order valence-corrected chi connectivity index (χ0v) is 15.7. The average molecular weight is 339 g/mol. The maximum absolute atomic E-state index is 12.2. The van der Waals surface area contributed by atoms with Gasteiger partial charge in [0.25, 0.3) is 5.91 Å². The van der Waals surface area contributed by atoms with E-state index >= 15 is 0 Å². The molecule has 3 heteroatoms. The van der Waals surface area contributed by atoms with Gasteiger partial charge < -0.3 is 10.1 Å². The van der Waals surface area contributed by atoms with Crippen LogP contribution >= 0.6 is 0 Å². The highest BCUT2D eigenvalue weighted by atomic mass is 16.5. The van der Waals surface area contributed by atoms with Crippen molar-refractivity contribution < 1.29 is 9.53 Å². The topological polar surface area (TPSA) is 38.3 Å². The predicted octanol–water partition coefficient (Wildman–Crippen LogP) is 4.63. The van der Waals surface area contributed by atoms with Gasteiger partial charge in [-0.15, -0.1) is 0 Å². The molecule has 0 saturated heterocycles. The highest BCUT2D eigenvalue weighted by Gasteiger charge is 2.12. The van der Waals surface area contributed by atoms with E-state index in [4.69, 9.17) is 4.74 Å². The standard InChI is InChI=1S/C22H29NO2/c1-16(2)20-13-10-17(3)14-21(20)25-15-22(24)23-18(4)11-12-19-8-6-5-7-9-19/h5-10,13-14,16,18H,11-12,15H2,1-4H3,(H,23,24)/t18-/m1/s1. The van der Waals surface area contributed by atoms with Gasteiger partial charge >= 0.3 is 0 Å². The summed E-state index contributed by atoms with van der Waals surface area (Å²) >= 11 is 0. The summed E-state index contributed by atoms with van der Waals surface area (Å²) in [5, 5.41) is 3.02. The highest BCUT2D eigenvalue weighted by Crippen LogP contribution is 2.27. The van der Waals surface area contributed by atoms with Gasteiger partial charge in [0.15, 0.2) is 6.61 Å². The van der Waals surface area contributed by atoms with Crippen molar-refractivity contribution in [1.82, 2.24) is 5.32 Å². The summed E-state index contributed by atoms with van der Waals surface area (Å²) in [6, 6.07) is 16.6. The first-order chi connectivity index (χ1) is 12.0. The number of hydrogen-bond donors (Lipinski definition) is 1. The molecule has 0 saturated carbocycles. The summed E-state index contributed by atoms with van der Waals surface area (Å²) in [6.07, 6.45) is 1.87. The lowest BCUT2D eigenvalue weighted by molar-refractivity contribution is -0.123. The lowest BCUT2D eigenvalue weighted by Crippen LogP contribution is -2.36.